The number of methoxy groups -OCH3 is 1. The van der Waals surface area contributed by atoms with Crippen molar-refractivity contribution in [3.63, 3.8) is 0 Å². The summed E-state index contributed by atoms with van der Waals surface area (Å²) >= 11 is 0. The van der Waals surface area contributed by atoms with Crippen LogP contribution in [0.1, 0.15) is 45.7 Å². The number of fused-ring (bicyclic) bond motifs is 4. The van der Waals surface area contributed by atoms with Crippen molar-refractivity contribution in [2.75, 3.05) is 7.11 Å². The van der Waals surface area contributed by atoms with E-state index in [1.807, 2.05) is 66.7 Å². The number of carbonyl (C=O) groups excluding carboxylic acids is 3. The molecule has 0 aliphatic carbocycles. The Bertz CT molecular complexity index is 1700. The maximum atomic E-state index is 14.1. The molecule has 7 heteroatoms. The third kappa shape index (κ3) is 3.70. The van der Waals surface area contributed by atoms with E-state index in [1.54, 1.807) is 12.3 Å². The number of hydrogen-bond acceptors (Lipinski definition) is 4. The number of hydrogen-bond donors (Lipinski definition) is 2. The van der Waals surface area contributed by atoms with Crippen LogP contribution in [0.4, 0.5) is 0 Å². The summed E-state index contributed by atoms with van der Waals surface area (Å²) < 4.78 is 5.17. The molecule has 0 bridgehead atoms. The molecular formula is C31H27N3O4. The monoisotopic (exact) mass is 505 g/mol. The third-order valence-corrected chi connectivity index (χ3v) is 7.57. The molecule has 190 valence electrons. The zero-order valence-corrected chi connectivity index (χ0v) is 21.2. The smallest absolute Gasteiger partial charge is 0.328 e. The van der Waals surface area contributed by atoms with Crippen LogP contribution in [0.5, 0.6) is 0 Å². The highest BCUT2D eigenvalue weighted by Crippen LogP contribution is 2.41. The van der Waals surface area contributed by atoms with Gasteiger partial charge in [0.15, 0.2) is 0 Å². The predicted octanol–water partition coefficient (Wildman–Crippen LogP) is 5.11. The van der Waals surface area contributed by atoms with E-state index in [-0.39, 0.29) is 12.0 Å². The van der Waals surface area contributed by atoms with Crippen molar-refractivity contribution in [1.82, 2.24) is 14.9 Å². The maximum Gasteiger partial charge on any atom is 0.328 e. The van der Waals surface area contributed by atoms with Gasteiger partial charge >= 0.3 is 5.97 Å². The van der Waals surface area contributed by atoms with Gasteiger partial charge in [0.2, 0.25) is 0 Å². The number of esters is 1. The normalized spacial score (nSPS) is 16.9. The van der Waals surface area contributed by atoms with Crippen LogP contribution in [-0.2, 0) is 27.2 Å². The summed E-state index contributed by atoms with van der Waals surface area (Å²) in [6.07, 6.45) is 2.67. The van der Waals surface area contributed by atoms with Crippen molar-refractivity contribution in [3.8, 4) is 0 Å². The van der Waals surface area contributed by atoms with Gasteiger partial charge in [0.1, 0.15) is 6.04 Å². The van der Waals surface area contributed by atoms with Crippen LogP contribution in [0.15, 0.2) is 79.0 Å². The summed E-state index contributed by atoms with van der Waals surface area (Å²) in [4.78, 5) is 49.1. The SMILES string of the molecule is CCc1ccc([C@@H]2c3[nH]c4ccccc4c3C[C@H](C(=O)OC)N2C(=O)C(=O)c2c[nH]c3ccccc23)cc1. The number of rotatable bonds is 5. The van der Waals surface area contributed by atoms with Crippen LogP contribution in [0.25, 0.3) is 21.8 Å². The summed E-state index contributed by atoms with van der Waals surface area (Å²) in [5.74, 6) is -1.98. The molecule has 38 heavy (non-hydrogen) atoms. The molecule has 0 fully saturated rings. The van der Waals surface area contributed by atoms with E-state index in [0.29, 0.717) is 5.39 Å². The second-order valence-corrected chi connectivity index (χ2v) is 9.59. The molecule has 1 aliphatic heterocycles. The van der Waals surface area contributed by atoms with Crippen LogP contribution in [0.3, 0.4) is 0 Å². The van der Waals surface area contributed by atoms with Crippen LogP contribution >= 0.6 is 0 Å². The number of H-pyrrole nitrogens is 2. The molecule has 6 rings (SSSR count). The van der Waals surface area contributed by atoms with Crippen molar-refractivity contribution >= 4 is 39.5 Å². The summed E-state index contributed by atoms with van der Waals surface area (Å²) in [6.45, 7) is 2.08. The van der Waals surface area contributed by atoms with Crippen molar-refractivity contribution in [1.29, 1.82) is 0 Å². The Balaban J connectivity index is 1.54. The lowest BCUT2D eigenvalue weighted by Gasteiger charge is -2.40. The van der Waals surface area contributed by atoms with Gasteiger partial charge in [-0.25, -0.2) is 4.79 Å². The molecule has 0 unspecified atom stereocenters. The Labute approximate surface area is 219 Å². The summed E-state index contributed by atoms with van der Waals surface area (Å²) in [5.41, 5.74) is 5.66. The molecule has 2 atom stereocenters. The fraction of sp³-hybridized carbons (Fsp3) is 0.194. The number of aryl methyl sites for hydroxylation is 1. The molecule has 5 aromatic rings. The van der Waals surface area contributed by atoms with Gasteiger partial charge in [-0.05, 0) is 35.2 Å². The molecule has 1 amide bonds. The van der Waals surface area contributed by atoms with Crippen LogP contribution < -0.4 is 0 Å². The number of para-hydroxylation sites is 2. The maximum absolute atomic E-state index is 14.1. The number of benzene rings is 3. The quantitative estimate of drug-likeness (QED) is 0.197. The lowest BCUT2D eigenvalue weighted by molar-refractivity contribution is -0.153. The van der Waals surface area contributed by atoms with Crippen molar-refractivity contribution in [3.05, 3.63) is 107 Å². The summed E-state index contributed by atoms with van der Waals surface area (Å²) in [6, 6.07) is 21.5. The minimum Gasteiger partial charge on any atom is -0.467 e. The molecule has 3 heterocycles. The number of nitrogens with one attached hydrogen (secondary N) is 2. The van der Waals surface area contributed by atoms with Gasteiger partial charge < -0.3 is 19.6 Å². The van der Waals surface area contributed by atoms with Gasteiger partial charge in [0.05, 0.1) is 18.7 Å². The van der Waals surface area contributed by atoms with Crippen LogP contribution in [0.2, 0.25) is 0 Å². The van der Waals surface area contributed by atoms with E-state index < -0.39 is 29.7 Å². The highest BCUT2D eigenvalue weighted by Gasteiger charge is 2.46. The van der Waals surface area contributed by atoms with Crippen molar-refractivity contribution < 1.29 is 19.1 Å². The zero-order chi connectivity index (χ0) is 26.4. The van der Waals surface area contributed by atoms with Crippen molar-refractivity contribution in [2.24, 2.45) is 0 Å². The lowest BCUT2D eigenvalue weighted by atomic mass is 9.87. The van der Waals surface area contributed by atoms with Gasteiger partial charge in [-0.1, -0.05) is 67.6 Å². The van der Waals surface area contributed by atoms with E-state index in [2.05, 4.69) is 16.9 Å². The number of aromatic amines is 2. The number of amides is 1. The average molecular weight is 506 g/mol. The molecule has 2 aromatic heterocycles. The van der Waals surface area contributed by atoms with Crippen LogP contribution in [-0.4, -0.2) is 45.7 Å². The van der Waals surface area contributed by atoms with Crippen LogP contribution in [0, 0.1) is 0 Å². The molecule has 0 radical (unpaired) electrons. The number of ether oxygens (including phenoxy) is 1. The second-order valence-electron chi connectivity index (χ2n) is 9.59. The number of nitrogens with zero attached hydrogens (tertiary/aromatic N) is 1. The number of carbonyl (C=O) groups is 3. The topological polar surface area (TPSA) is 95.3 Å². The second kappa shape index (κ2) is 9.34. The predicted molar refractivity (Wildman–Crippen MR) is 145 cm³/mol. The van der Waals surface area contributed by atoms with E-state index in [4.69, 9.17) is 4.74 Å². The minimum atomic E-state index is -0.968. The molecule has 7 nitrogen and oxygen atoms in total. The van der Waals surface area contributed by atoms with Crippen molar-refractivity contribution in [2.45, 2.75) is 31.8 Å². The Kier molecular flexibility index (Phi) is 5.83. The molecule has 1 aliphatic rings. The number of Topliss-reactive ketones (excluding diaryl/α,β-unsaturated/α-hetero) is 1. The largest absolute Gasteiger partial charge is 0.467 e. The number of aromatic nitrogens is 2. The minimum absolute atomic E-state index is 0.239. The molecule has 3 aromatic carbocycles. The van der Waals surface area contributed by atoms with E-state index in [1.165, 1.54) is 12.0 Å². The molecule has 0 spiro atoms. The molecular weight excluding hydrogens is 478 g/mol. The highest BCUT2D eigenvalue weighted by atomic mass is 16.5. The first-order chi connectivity index (χ1) is 18.5. The highest BCUT2D eigenvalue weighted by molar-refractivity contribution is 6.45. The van der Waals surface area contributed by atoms with E-state index >= 15 is 0 Å². The first-order valence-electron chi connectivity index (χ1n) is 12.7. The van der Waals surface area contributed by atoms with Gasteiger partial charge in [-0.2, -0.15) is 0 Å². The fourth-order valence-electron chi connectivity index (χ4n) is 5.63. The van der Waals surface area contributed by atoms with E-state index in [0.717, 1.165) is 45.2 Å². The average Bonchev–Trinajstić information content (AvgIpc) is 3.56. The van der Waals surface area contributed by atoms with Gasteiger partial charge in [-0.15, -0.1) is 0 Å². The Morgan fingerprint density at radius 2 is 1.61 bits per heavy atom. The standard InChI is InChI=1S/C31H27N3O4/c1-3-18-12-14-19(15-13-18)28-27-22(20-8-5-7-11-25(20)33-27)16-26(31(37)38-2)34(28)30(36)29(35)23-17-32-24-10-6-4-9-21(23)24/h4-15,17,26,28,32-33H,3,16H2,1-2H3/t26-,28-/m1/s1. The fourth-order valence-corrected chi connectivity index (χ4v) is 5.63. The zero-order valence-electron chi connectivity index (χ0n) is 21.2. The van der Waals surface area contributed by atoms with Gasteiger partial charge in [0, 0.05) is 40.1 Å². The Hall–Kier alpha value is -4.65. The van der Waals surface area contributed by atoms with E-state index in [9.17, 15) is 14.4 Å². The molecule has 0 saturated carbocycles. The third-order valence-electron chi connectivity index (χ3n) is 7.57. The lowest BCUT2D eigenvalue weighted by Crippen LogP contribution is -2.53. The Morgan fingerprint density at radius 1 is 0.921 bits per heavy atom. The number of ketones is 1. The first kappa shape index (κ1) is 23.7. The molecule has 2 N–H and O–H groups in total. The summed E-state index contributed by atoms with van der Waals surface area (Å²) in [7, 11) is 1.31. The Morgan fingerprint density at radius 3 is 2.32 bits per heavy atom. The van der Waals surface area contributed by atoms with Gasteiger partial charge in [0.25, 0.3) is 11.7 Å². The molecule has 0 saturated heterocycles. The van der Waals surface area contributed by atoms with Gasteiger partial charge in [-0.3, -0.25) is 9.59 Å². The summed E-state index contributed by atoms with van der Waals surface area (Å²) in [5, 5.41) is 1.65. The first-order valence-corrected chi connectivity index (χ1v) is 12.7.